The molecule has 1 aromatic heterocycles. The summed E-state index contributed by atoms with van der Waals surface area (Å²) in [5, 5.41) is 3.61. The first-order valence-corrected chi connectivity index (χ1v) is 11.1. The lowest BCUT2D eigenvalue weighted by Gasteiger charge is -2.13. The molecule has 31 heavy (non-hydrogen) atoms. The number of aryl methyl sites for hydroxylation is 3. The zero-order valence-electron chi connectivity index (χ0n) is 18.3. The van der Waals surface area contributed by atoms with Crippen LogP contribution in [-0.2, 0) is 17.8 Å². The van der Waals surface area contributed by atoms with E-state index in [0.717, 1.165) is 71.0 Å². The number of halogens is 1. The van der Waals surface area contributed by atoms with Gasteiger partial charge in [0.05, 0.1) is 17.6 Å². The molecule has 0 spiro atoms. The number of unbranched alkanes of at least 4 members (excludes halogenated alkanes) is 2. The van der Waals surface area contributed by atoms with Gasteiger partial charge in [-0.25, -0.2) is 4.98 Å². The highest BCUT2D eigenvalue weighted by Crippen LogP contribution is 2.26. The maximum Gasteiger partial charge on any atom is 0.243 e. The number of carbonyl (C=O) groups is 1. The summed E-state index contributed by atoms with van der Waals surface area (Å²) >= 11 is 6.26. The van der Waals surface area contributed by atoms with E-state index < -0.39 is 0 Å². The van der Waals surface area contributed by atoms with E-state index in [-0.39, 0.29) is 5.91 Å². The van der Waals surface area contributed by atoms with E-state index in [2.05, 4.69) is 22.5 Å². The molecule has 6 heteroatoms. The molecule has 164 valence electrons. The lowest BCUT2D eigenvalue weighted by atomic mass is 10.1. The largest absolute Gasteiger partial charge is 0.492 e. The van der Waals surface area contributed by atoms with Crippen molar-refractivity contribution in [2.45, 2.75) is 46.1 Å². The van der Waals surface area contributed by atoms with Gasteiger partial charge in [0.25, 0.3) is 0 Å². The number of hydrogen-bond donors (Lipinski definition) is 1. The predicted molar refractivity (Wildman–Crippen MR) is 127 cm³/mol. The minimum absolute atomic E-state index is 0.118. The maximum absolute atomic E-state index is 11.2. The van der Waals surface area contributed by atoms with Gasteiger partial charge in [0.1, 0.15) is 18.2 Å². The van der Waals surface area contributed by atoms with Crippen LogP contribution < -0.4 is 10.1 Å². The molecule has 1 N–H and O–H groups in total. The summed E-state index contributed by atoms with van der Waals surface area (Å²) in [6.45, 7) is 9.41. The van der Waals surface area contributed by atoms with Gasteiger partial charge in [-0.2, -0.15) is 0 Å². The zero-order chi connectivity index (χ0) is 22.2. The van der Waals surface area contributed by atoms with Crippen molar-refractivity contribution < 1.29 is 9.53 Å². The fraction of sp³-hybridized carbons (Fsp3) is 0.360. The van der Waals surface area contributed by atoms with E-state index in [1.807, 2.05) is 44.2 Å². The maximum atomic E-state index is 11.2. The number of ether oxygens (including phenoxy) is 1. The van der Waals surface area contributed by atoms with Gasteiger partial charge in [0.2, 0.25) is 5.91 Å². The molecule has 0 fully saturated rings. The fourth-order valence-electron chi connectivity index (χ4n) is 3.68. The Kier molecular flexibility index (Phi) is 8.13. The third-order valence-electron chi connectivity index (χ3n) is 5.29. The molecule has 2 aromatic carbocycles. The molecule has 0 saturated heterocycles. The molecule has 0 atom stereocenters. The number of hydrogen-bond acceptors (Lipinski definition) is 3. The highest BCUT2D eigenvalue weighted by Gasteiger charge is 2.11. The quantitative estimate of drug-likeness (QED) is 0.321. The molecular formula is C25H30ClN3O2. The molecule has 0 unspecified atom stereocenters. The van der Waals surface area contributed by atoms with Gasteiger partial charge in [-0.05, 0) is 68.2 Å². The van der Waals surface area contributed by atoms with Crippen molar-refractivity contribution in [3.8, 4) is 5.75 Å². The molecule has 3 rings (SSSR count). The normalized spacial score (nSPS) is 10.9. The second-order valence-corrected chi connectivity index (χ2v) is 8.07. The zero-order valence-corrected chi connectivity index (χ0v) is 19.0. The van der Waals surface area contributed by atoms with Crippen molar-refractivity contribution in [3.63, 3.8) is 0 Å². The number of fused-ring (bicyclic) bond motifs is 1. The monoisotopic (exact) mass is 439 g/mol. The molecule has 1 amide bonds. The van der Waals surface area contributed by atoms with E-state index in [1.54, 1.807) is 0 Å². The van der Waals surface area contributed by atoms with Crippen LogP contribution in [0.25, 0.3) is 11.0 Å². The van der Waals surface area contributed by atoms with E-state index >= 15 is 0 Å². The number of nitrogens with zero attached hydrogens (tertiary/aromatic N) is 2. The average molecular weight is 440 g/mol. The van der Waals surface area contributed by atoms with Gasteiger partial charge in [-0.3, -0.25) is 4.79 Å². The predicted octanol–water partition coefficient (Wildman–Crippen LogP) is 5.40. The number of amides is 1. The first-order valence-electron chi connectivity index (χ1n) is 10.7. The molecule has 0 aliphatic heterocycles. The molecule has 0 aliphatic carbocycles. The highest BCUT2D eigenvalue weighted by atomic mass is 35.5. The standard InChI is InChI=1S/C25H30ClN3O2/c1-4-24(30)27-13-9-5-6-12-23-28-21-10-7-8-11-22(21)29(23)14-15-31-20-16-18(2)25(26)19(3)17-20/h4,7-8,10-11,16-17H,1,5-6,9,12-15H2,2-3H3,(H,27,30). The number of aromatic nitrogens is 2. The molecule has 1 heterocycles. The van der Waals surface area contributed by atoms with Crippen LogP contribution in [0.5, 0.6) is 5.75 Å². The van der Waals surface area contributed by atoms with Crippen LogP contribution in [0.3, 0.4) is 0 Å². The topological polar surface area (TPSA) is 56.2 Å². The molecular weight excluding hydrogens is 410 g/mol. The fourth-order valence-corrected chi connectivity index (χ4v) is 3.79. The van der Waals surface area contributed by atoms with Crippen molar-refractivity contribution >= 4 is 28.5 Å². The Morgan fingerprint density at radius 3 is 2.68 bits per heavy atom. The molecule has 0 aliphatic rings. The number of imidazole rings is 1. The van der Waals surface area contributed by atoms with Gasteiger partial charge in [0, 0.05) is 18.0 Å². The smallest absolute Gasteiger partial charge is 0.243 e. The third-order valence-corrected chi connectivity index (χ3v) is 5.89. The Morgan fingerprint density at radius 2 is 1.94 bits per heavy atom. The highest BCUT2D eigenvalue weighted by molar-refractivity contribution is 6.32. The Morgan fingerprint density at radius 1 is 1.19 bits per heavy atom. The van der Waals surface area contributed by atoms with Gasteiger partial charge in [0.15, 0.2) is 0 Å². The van der Waals surface area contributed by atoms with E-state index in [4.69, 9.17) is 21.3 Å². The summed E-state index contributed by atoms with van der Waals surface area (Å²) in [4.78, 5) is 16.1. The first-order chi connectivity index (χ1) is 15.0. The van der Waals surface area contributed by atoms with Crippen LogP contribution in [0, 0.1) is 13.8 Å². The number of carbonyl (C=O) groups excluding carboxylic acids is 1. The minimum Gasteiger partial charge on any atom is -0.492 e. The summed E-state index contributed by atoms with van der Waals surface area (Å²) in [6.07, 6.45) is 5.18. The van der Waals surface area contributed by atoms with Crippen LogP contribution in [0.1, 0.15) is 36.2 Å². The van der Waals surface area contributed by atoms with E-state index in [0.29, 0.717) is 13.2 Å². The van der Waals surface area contributed by atoms with Crippen molar-refractivity contribution in [1.29, 1.82) is 0 Å². The molecule has 0 bridgehead atoms. The van der Waals surface area contributed by atoms with E-state index in [1.165, 1.54) is 6.08 Å². The van der Waals surface area contributed by atoms with Gasteiger partial charge >= 0.3 is 0 Å². The van der Waals surface area contributed by atoms with Crippen LogP contribution in [-0.4, -0.2) is 28.6 Å². The minimum atomic E-state index is -0.118. The number of para-hydroxylation sites is 2. The Labute approximate surface area is 189 Å². The van der Waals surface area contributed by atoms with Crippen molar-refractivity contribution in [2.24, 2.45) is 0 Å². The third kappa shape index (κ3) is 6.11. The molecule has 3 aromatic rings. The average Bonchev–Trinajstić information content (AvgIpc) is 3.11. The SMILES string of the molecule is C=CC(=O)NCCCCCc1nc2ccccc2n1CCOc1cc(C)c(Cl)c(C)c1. The van der Waals surface area contributed by atoms with Crippen molar-refractivity contribution in [1.82, 2.24) is 14.9 Å². The summed E-state index contributed by atoms with van der Waals surface area (Å²) < 4.78 is 8.29. The summed E-state index contributed by atoms with van der Waals surface area (Å²) in [5.41, 5.74) is 4.18. The van der Waals surface area contributed by atoms with E-state index in [9.17, 15) is 4.79 Å². The molecule has 0 radical (unpaired) electrons. The Hall–Kier alpha value is -2.79. The van der Waals surface area contributed by atoms with Gasteiger partial charge in [-0.1, -0.05) is 36.7 Å². The van der Waals surface area contributed by atoms with Gasteiger partial charge < -0.3 is 14.6 Å². The second kappa shape index (κ2) is 11.0. The molecule has 5 nitrogen and oxygen atoms in total. The molecule has 0 saturated carbocycles. The van der Waals surface area contributed by atoms with Crippen LogP contribution in [0.4, 0.5) is 0 Å². The lowest BCUT2D eigenvalue weighted by molar-refractivity contribution is -0.116. The summed E-state index contributed by atoms with van der Waals surface area (Å²) in [5.74, 6) is 1.79. The Balaban J connectivity index is 1.60. The summed E-state index contributed by atoms with van der Waals surface area (Å²) in [6, 6.07) is 12.2. The van der Waals surface area contributed by atoms with Crippen molar-refractivity contribution in [3.05, 3.63) is 71.0 Å². The number of rotatable bonds is 11. The van der Waals surface area contributed by atoms with Crippen molar-refractivity contribution in [2.75, 3.05) is 13.2 Å². The van der Waals surface area contributed by atoms with Crippen LogP contribution in [0.2, 0.25) is 5.02 Å². The number of benzene rings is 2. The Bertz CT molecular complexity index is 1040. The summed E-state index contributed by atoms with van der Waals surface area (Å²) in [7, 11) is 0. The second-order valence-electron chi connectivity index (χ2n) is 7.69. The number of nitrogens with one attached hydrogen (secondary N) is 1. The van der Waals surface area contributed by atoms with Crippen LogP contribution in [0.15, 0.2) is 49.1 Å². The first kappa shape index (κ1) is 22.9. The van der Waals surface area contributed by atoms with Crippen LogP contribution >= 0.6 is 11.6 Å². The van der Waals surface area contributed by atoms with Gasteiger partial charge in [-0.15, -0.1) is 0 Å². The lowest BCUT2D eigenvalue weighted by Crippen LogP contribution is -2.21.